The Balaban J connectivity index is 1.19. The predicted octanol–water partition coefficient (Wildman–Crippen LogP) is 3.38. The van der Waals surface area contributed by atoms with Crippen LogP contribution in [0.5, 0.6) is 0 Å². The van der Waals surface area contributed by atoms with E-state index in [4.69, 9.17) is 0 Å². The van der Waals surface area contributed by atoms with Crippen molar-refractivity contribution in [1.29, 1.82) is 0 Å². The maximum absolute atomic E-state index is 14.0. The standard InChI is InChI=1S/C26H32F2N4O2/c1-20(18-25(33)31-14-10-29(11-15-31)22-8-6-21(27)7-9-22)19-26(34)32-16-12-30(13-17-32)24-5-3-2-4-23(24)28/h2-9,20H,10-19H2,1H3. The van der Waals surface area contributed by atoms with E-state index in [1.807, 2.05) is 27.7 Å². The average Bonchev–Trinajstić information content (AvgIpc) is 2.85. The molecule has 4 rings (SSSR count). The van der Waals surface area contributed by atoms with Crippen LogP contribution in [0.1, 0.15) is 19.8 Å². The van der Waals surface area contributed by atoms with E-state index in [1.165, 1.54) is 18.2 Å². The molecule has 0 spiro atoms. The molecule has 2 aromatic carbocycles. The van der Waals surface area contributed by atoms with Crippen LogP contribution in [0.25, 0.3) is 0 Å². The number of carbonyl (C=O) groups excluding carboxylic acids is 2. The summed E-state index contributed by atoms with van der Waals surface area (Å²) >= 11 is 0. The van der Waals surface area contributed by atoms with Crippen LogP contribution in [0.15, 0.2) is 48.5 Å². The topological polar surface area (TPSA) is 47.1 Å². The first-order valence-electron chi connectivity index (χ1n) is 12.0. The second-order valence-corrected chi connectivity index (χ2v) is 9.18. The van der Waals surface area contributed by atoms with Crippen LogP contribution >= 0.6 is 0 Å². The number of carbonyl (C=O) groups is 2. The molecule has 1 atom stereocenters. The number of rotatable bonds is 6. The van der Waals surface area contributed by atoms with E-state index in [9.17, 15) is 18.4 Å². The van der Waals surface area contributed by atoms with Crippen LogP contribution in [-0.2, 0) is 9.59 Å². The molecule has 6 nitrogen and oxygen atoms in total. The smallest absolute Gasteiger partial charge is 0.222 e. The molecule has 0 saturated carbocycles. The Kier molecular flexibility index (Phi) is 7.65. The molecule has 2 saturated heterocycles. The number of para-hydroxylation sites is 1. The largest absolute Gasteiger partial charge is 0.368 e. The Bertz CT molecular complexity index is 985. The van der Waals surface area contributed by atoms with Gasteiger partial charge in [0.05, 0.1) is 5.69 Å². The van der Waals surface area contributed by atoms with Gasteiger partial charge in [-0.25, -0.2) is 8.78 Å². The van der Waals surface area contributed by atoms with E-state index < -0.39 is 0 Å². The maximum atomic E-state index is 14.0. The zero-order valence-corrected chi connectivity index (χ0v) is 19.6. The molecule has 2 fully saturated rings. The molecular formula is C26H32F2N4O2. The zero-order valence-electron chi connectivity index (χ0n) is 19.6. The molecule has 0 aliphatic carbocycles. The number of piperazine rings is 2. The van der Waals surface area contributed by atoms with Crippen LogP contribution in [0, 0.1) is 17.6 Å². The number of anilines is 2. The van der Waals surface area contributed by atoms with Gasteiger partial charge in [-0.2, -0.15) is 0 Å². The fourth-order valence-corrected chi connectivity index (χ4v) is 4.70. The zero-order chi connectivity index (χ0) is 24.1. The van der Waals surface area contributed by atoms with Crippen molar-refractivity contribution in [2.24, 2.45) is 5.92 Å². The summed E-state index contributed by atoms with van der Waals surface area (Å²) in [4.78, 5) is 33.3. The third-order valence-corrected chi connectivity index (χ3v) is 6.70. The molecule has 0 radical (unpaired) electrons. The van der Waals surface area contributed by atoms with Gasteiger partial charge in [0, 0.05) is 70.9 Å². The second-order valence-electron chi connectivity index (χ2n) is 9.18. The summed E-state index contributed by atoms with van der Waals surface area (Å²) in [5.74, 6) is -0.418. The summed E-state index contributed by atoms with van der Waals surface area (Å²) in [6, 6.07) is 13.1. The summed E-state index contributed by atoms with van der Waals surface area (Å²) < 4.78 is 27.2. The van der Waals surface area contributed by atoms with Gasteiger partial charge in [0.25, 0.3) is 0 Å². The molecule has 0 N–H and O–H groups in total. The molecule has 2 amide bonds. The summed E-state index contributed by atoms with van der Waals surface area (Å²) in [7, 11) is 0. The molecule has 2 aliphatic rings. The van der Waals surface area contributed by atoms with Crippen LogP contribution in [0.4, 0.5) is 20.2 Å². The monoisotopic (exact) mass is 470 g/mol. The van der Waals surface area contributed by atoms with Crippen LogP contribution in [0.2, 0.25) is 0 Å². The van der Waals surface area contributed by atoms with Crippen molar-refractivity contribution in [3.05, 3.63) is 60.2 Å². The lowest BCUT2D eigenvalue weighted by molar-refractivity contribution is -0.134. The lowest BCUT2D eigenvalue weighted by Gasteiger charge is -2.37. The van der Waals surface area contributed by atoms with Gasteiger partial charge in [-0.3, -0.25) is 9.59 Å². The molecule has 0 aromatic heterocycles. The summed E-state index contributed by atoms with van der Waals surface area (Å²) in [6.45, 7) is 6.90. The lowest BCUT2D eigenvalue weighted by atomic mass is 10.0. The highest BCUT2D eigenvalue weighted by atomic mass is 19.1. The number of amides is 2. The fraction of sp³-hybridized carbons (Fsp3) is 0.462. The van der Waals surface area contributed by atoms with E-state index in [0.717, 1.165) is 5.69 Å². The van der Waals surface area contributed by atoms with Crippen molar-refractivity contribution in [3.63, 3.8) is 0 Å². The van der Waals surface area contributed by atoms with Crippen molar-refractivity contribution in [2.45, 2.75) is 19.8 Å². The normalized spacial score (nSPS) is 17.6. The molecule has 2 aromatic rings. The first-order valence-corrected chi connectivity index (χ1v) is 12.0. The molecule has 1 unspecified atom stereocenters. The minimum absolute atomic E-state index is 0.0419. The molecule has 2 heterocycles. The molecular weight excluding hydrogens is 438 g/mol. The Hall–Kier alpha value is -3.16. The lowest BCUT2D eigenvalue weighted by Crippen LogP contribution is -2.50. The van der Waals surface area contributed by atoms with E-state index in [2.05, 4.69) is 4.90 Å². The van der Waals surface area contributed by atoms with Gasteiger partial charge in [0.15, 0.2) is 0 Å². The molecule has 182 valence electrons. The van der Waals surface area contributed by atoms with Crippen molar-refractivity contribution < 1.29 is 18.4 Å². The Labute approximate surface area is 199 Å². The van der Waals surface area contributed by atoms with Gasteiger partial charge in [0.2, 0.25) is 11.8 Å². The van der Waals surface area contributed by atoms with Crippen molar-refractivity contribution >= 4 is 23.2 Å². The third kappa shape index (κ3) is 5.85. The summed E-state index contributed by atoms with van der Waals surface area (Å²) in [5, 5.41) is 0. The highest BCUT2D eigenvalue weighted by Gasteiger charge is 2.26. The quantitative estimate of drug-likeness (QED) is 0.650. The highest BCUT2D eigenvalue weighted by Crippen LogP contribution is 2.22. The third-order valence-electron chi connectivity index (χ3n) is 6.70. The van der Waals surface area contributed by atoms with Gasteiger partial charge in [-0.05, 0) is 42.3 Å². The number of hydrogen-bond acceptors (Lipinski definition) is 4. The molecule has 8 heteroatoms. The summed E-state index contributed by atoms with van der Waals surface area (Å²) in [6.07, 6.45) is 0.679. The SMILES string of the molecule is CC(CC(=O)N1CCN(c2ccc(F)cc2)CC1)CC(=O)N1CCN(c2ccccc2F)CC1. The van der Waals surface area contributed by atoms with Crippen molar-refractivity contribution in [2.75, 3.05) is 62.2 Å². The van der Waals surface area contributed by atoms with Crippen molar-refractivity contribution in [1.82, 2.24) is 9.80 Å². The first-order chi connectivity index (χ1) is 16.4. The Morgan fingerprint density at radius 1 is 0.735 bits per heavy atom. The van der Waals surface area contributed by atoms with E-state index in [0.29, 0.717) is 70.9 Å². The summed E-state index contributed by atoms with van der Waals surface area (Å²) in [5.41, 5.74) is 1.54. The van der Waals surface area contributed by atoms with E-state index in [-0.39, 0.29) is 29.4 Å². The molecule has 2 aliphatic heterocycles. The molecule has 0 bridgehead atoms. The van der Waals surface area contributed by atoms with Crippen LogP contribution in [0.3, 0.4) is 0 Å². The van der Waals surface area contributed by atoms with Gasteiger partial charge >= 0.3 is 0 Å². The predicted molar refractivity (Wildman–Crippen MR) is 129 cm³/mol. The van der Waals surface area contributed by atoms with Gasteiger partial charge in [-0.15, -0.1) is 0 Å². The van der Waals surface area contributed by atoms with Crippen molar-refractivity contribution in [3.8, 4) is 0 Å². The highest BCUT2D eigenvalue weighted by molar-refractivity contribution is 5.80. The minimum Gasteiger partial charge on any atom is -0.368 e. The Morgan fingerprint density at radius 2 is 1.24 bits per heavy atom. The van der Waals surface area contributed by atoms with Crippen LogP contribution in [-0.4, -0.2) is 74.0 Å². The number of halogens is 2. The van der Waals surface area contributed by atoms with Gasteiger partial charge in [0.1, 0.15) is 11.6 Å². The average molecular weight is 471 g/mol. The number of nitrogens with zero attached hydrogens (tertiary/aromatic N) is 4. The minimum atomic E-state index is -0.256. The molecule has 34 heavy (non-hydrogen) atoms. The number of hydrogen-bond donors (Lipinski definition) is 0. The maximum Gasteiger partial charge on any atom is 0.222 e. The fourth-order valence-electron chi connectivity index (χ4n) is 4.70. The first kappa shape index (κ1) is 24.0. The van der Waals surface area contributed by atoms with Gasteiger partial charge < -0.3 is 19.6 Å². The van der Waals surface area contributed by atoms with Gasteiger partial charge in [-0.1, -0.05) is 19.1 Å². The van der Waals surface area contributed by atoms with E-state index >= 15 is 0 Å². The Morgan fingerprint density at radius 3 is 1.76 bits per heavy atom. The van der Waals surface area contributed by atoms with E-state index in [1.54, 1.807) is 24.3 Å². The second kappa shape index (κ2) is 10.8. The number of benzene rings is 2. The van der Waals surface area contributed by atoms with Crippen LogP contribution < -0.4 is 9.80 Å².